The number of aromatic nitrogens is 1. The maximum atomic E-state index is 12.5. The molecule has 7 heteroatoms. The van der Waals surface area contributed by atoms with Gasteiger partial charge in [0.15, 0.2) is 0 Å². The molecule has 0 radical (unpaired) electrons. The minimum atomic E-state index is 0. The first-order valence-corrected chi connectivity index (χ1v) is 7.50. The molecule has 0 saturated carbocycles. The Morgan fingerprint density at radius 1 is 1.35 bits per heavy atom. The van der Waals surface area contributed by atoms with Gasteiger partial charge in [-0.15, -0.1) is 36.2 Å². The number of rotatable bonds is 3. The van der Waals surface area contributed by atoms with E-state index in [9.17, 15) is 4.79 Å². The molecular formula is C13H23Cl2N3OS. The Balaban J connectivity index is 0.00000180. The SMILES string of the molecule is CCCc1nc(C)c(C(=O)N2CCCNCC2)s1.Cl.Cl. The standard InChI is InChI=1S/C13H21N3OS.2ClH/c1-3-5-11-15-10(2)12(18-11)13(17)16-8-4-6-14-7-9-16;;/h14H,3-9H2,1-2H3;2*1H. The minimum Gasteiger partial charge on any atom is -0.337 e. The van der Waals surface area contributed by atoms with E-state index in [1.165, 1.54) is 0 Å². The van der Waals surface area contributed by atoms with Gasteiger partial charge in [-0.2, -0.15) is 0 Å². The van der Waals surface area contributed by atoms with Crippen LogP contribution in [0.15, 0.2) is 0 Å². The van der Waals surface area contributed by atoms with Gasteiger partial charge in [0.05, 0.1) is 10.7 Å². The third-order valence-corrected chi connectivity index (χ3v) is 4.33. The highest BCUT2D eigenvalue weighted by Gasteiger charge is 2.21. The second-order valence-electron chi connectivity index (χ2n) is 4.67. The molecule has 4 nitrogen and oxygen atoms in total. The maximum Gasteiger partial charge on any atom is 0.265 e. The van der Waals surface area contributed by atoms with Crippen molar-refractivity contribution in [3.8, 4) is 0 Å². The van der Waals surface area contributed by atoms with Crippen molar-refractivity contribution in [2.24, 2.45) is 0 Å². The predicted molar refractivity (Wildman–Crippen MR) is 88.7 cm³/mol. The molecule has 2 rings (SSSR count). The van der Waals surface area contributed by atoms with E-state index in [2.05, 4.69) is 17.2 Å². The van der Waals surface area contributed by atoms with Crippen LogP contribution in [0.1, 0.15) is 40.1 Å². The third kappa shape index (κ3) is 4.88. The molecule has 0 spiro atoms. The molecule has 1 aliphatic heterocycles. The Bertz CT molecular complexity index is 418. The largest absolute Gasteiger partial charge is 0.337 e. The fourth-order valence-electron chi connectivity index (χ4n) is 2.16. The van der Waals surface area contributed by atoms with E-state index in [-0.39, 0.29) is 30.7 Å². The summed E-state index contributed by atoms with van der Waals surface area (Å²) >= 11 is 1.57. The highest BCUT2D eigenvalue weighted by atomic mass is 35.5. The predicted octanol–water partition coefficient (Wildman–Crippen LogP) is 2.68. The molecule has 0 bridgehead atoms. The molecule has 1 aromatic rings. The van der Waals surface area contributed by atoms with Crippen molar-refractivity contribution in [1.29, 1.82) is 0 Å². The molecule has 0 aromatic carbocycles. The molecule has 1 fully saturated rings. The number of halogens is 2. The molecule has 2 heterocycles. The van der Waals surface area contributed by atoms with E-state index in [0.717, 1.165) is 61.0 Å². The number of carbonyl (C=O) groups excluding carboxylic acids is 1. The number of carbonyl (C=O) groups is 1. The summed E-state index contributed by atoms with van der Waals surface area (Å²) in [6, 6.07) is 0. The second kappa shape index (κ2) is 9.55. The Labute approximate surface area is 137 Å². The summed E-state index contributed by atoms with van der Waals surface area (Å²) < 4.78 is 0. The molecule has 1 aromatic heterocycles. The summed E-state index contributed by atoms with van der Waals surface area (Å²) in [7, 11) is 0. The molecule has 1 saturated heterocycles. The van der Waals surface area contributed by atoms with Crippen molar-refractivity contribution in [3.63, 3.8) is 0 Å². The lowest BCUT2D eigenvalue weighted by Crippen LogP contribution is -2.34. The number of nitrogens with zero attached hydrogens (tertiary/aromatic N) is 2. The number of thiazole rings is 1. The van der Waals surface area contributed by atoms with Crippen molar-refractivity contribution in [3.05, 3.63) is 15.6 Å². The van der Waals surface area contributed by atoms with Gasteiger partial charge in [-0.1, -0.05) is 6.92 Å². The summed E-state index contributed by atoms with van der Waals surface area (Å²) in [6.07, 6.45) is 3.08. The Hall–Kier alpha value is -0.360. The van der Waals surface area contributed by atoms with Crippen LogP contribution >= 0.6 is 36.2 Å². The Morgan fingerprint density at radius 2 is 2.10 bits per heavy atom. The molecule has 1 N–H and O–H groups in total. The number of hydrogen-bond acceptors (Lipinski definition) is 4. The zero-order valence-electron chi connectivity index (χ0n) is 12.0. The van der Waals surface area contributed by atoms with E-state index in [0.29, 0.717) is 0 Å². The molecule has 0 unspecified atom stereocenters. The van der Waals surface area contributed by atoms with Crippen LogP contribution in [0.3, 0.4) is 0 Å². The molecule has 20 heavy (non-hydrogen) atoms. The fraction of sp³-hybridized carbons (Fsp3) is 0.692. The summed E-state index contributed by atoms with van der Waals surface area (Å²) in [5, 5.41) is 4.41. The summed E-state index contributed by atoms with van der Waals surface area (Å²) in [4.78, 5) is 19.7. The summed E-state index contributed by atoms with van der Waals surface area (Å²) in [5.74, 6) is 0.163. The lowest BCUT2D eigenvalue weighted by atomic mass is 10.3. The molecular weight excluding hydrogens is 317 g/mol. The van der Waals surface area contributed by atoms with Gasteiger partial charge in [0, 0.05) is 19.6 Å². The number of amides is 1. The summed E-state index contributed by atoms with van der Waals surface area (Å²) in [5.41, 5.74) is 0.894. The molecule has 1 aliphatic rings. The normalized spacial score (nSPS) is 15.0. The van der Waals surface area contributed by atoms with Crippen LogP contribution in [0.5, 0.6) is 0 Å². The fourth-order valence-corrected chi connectivity index (χ4v) is 3.30. The van der Waals surface area contributed by atoms with Crippen LogP contribution in [0, 0.1) is 6.92 Å². The highest BCUT2D eigenvalue weighted by Crippen LogP contribution is 2.21. The topological polar surface area (TPSA) is 45.2 Å². The van der Waals surface area contributed by atoms with E-state index >= 15 is 0 Å². The van der Waals surface area contributed by atoms with Gasteiger partial charge in [0.1, 0.15) is 4.88 Å². The third-order valence-electron chi connectivity index (χ3n) is 3.13. The van der Waals surface area contributed by atoms with Crippen LogP contribution in [-0.2, 0) is 6.42 Å². The zero-order chi connectivity index (χ0) is 13.0. The van der Waals surface area contributed by atoms with E-state index in [1.54, 1.807) is 11.3 Å². The van der Waals surface area contributed by atoms with Crippen molar-refractivity contribution in [2.75, 3.05) is 26.2 Å². The Kier molecular flexibility index (Phi) is 9.38. The first kappa shape index (κ1) is 19.6. The minimum absolute atomic E-state index is 0. The zero-order valence-corrected chi connectivity index (χ0v) is 14.4. The smallest absolute Gasteiger partial charge is 0.265 e. The molecule has 1 amide bonds. The number of nitrogens with one attached hydrogen (secondary N) is 1. The quantitative estimate of drug-likeness (QED) is 0.920. The number of hydrogen-bond donors (Lipinski definition) is 1. The number of aryl methyl sites for hydroxylation is 2. The molecule has 0 atom stereocenters. The van der Waals surface area contributed by atoms with Crippen molar-refractivity contribution in [1.82, 2.24) is 15.2 Å². The monoisotopic (exact) mass is 339 g/mol. The van der Waals surface area contributed by atoms with Crippen LogP contribution in [0.2, 0.25) is 0 Å². The molecule has 116 valence electrons. The summed E-state index contributed by atoms with van der Waals surface area (Å²) in [6.45, 7) is 7.64. The van der Waals surface area contributed by atoms with Crippen LogP contribution < -0.4 is 5.32 Å². The average molecular weight is 340 g/mol. The van der Waals surface area contributed by atoms with Crippen LogP contribution in [0.25, 0.3) is 0 Å². The van der Waals surface area contributed by atoms with Crippen molar-refractivity contribution in [2.45, 2.75) is 33.1 Å². The lowest BCUT2D eigenvalue weighted by Gasteiger charge is -2.19. The van der Waals surface area contributed by atoms with E-state index in [1.807, 2.05) is 11.8 Å². The van der Waals surface area contributed by atoms with Crippen molar-refractivity contribution < 1.29 is 4.79 Å². The molecule has 0 aliphatic carbocycles. The van der Waals surface area contributed by atoms with E-state index < -0.39 is 0 Å². The first-order valence-electron chi connectivity index (χ1n) is 6.68. The van der Waals surface area contributed by atoms with E-state index in [4.69, 9.17) is 0 Å². The van der Waals surface area contributed by atoms with Crippen LogP contribution in [-0.4, -0.2) is 42.0 Å². The van der Waals surface area contributed by atoms with Crippen molar-refractivity contribution >= 4 is 42.1 Å². The highest BCUT2D eigenvalue weighted by molar-refractivity contribution is 7.13. The average Bonchev–Trinajstić information content (AvgIpc) is 2.57. The van der Waals surface area contributed by atoms with Crippen LogP contribution in [0.4, 0.5) is 0 Å². The van der Waals surface area contributed by atoms with Gasteiger partial charge >= 0.3 is 0 Å². The van der Waals surface area contributed by atoms with Gasteiger partial charge < -0.3 is 10.2 Å². The van der Waals surface area contributed by atoms with Gasteiger partial charge in [0.25, 0.3) is 5.91 Å². The van der Waals surface area contributed by atoms with Gasteiger partial charge in [0.2, 0.25) is 0 Å². The van der Waals surface area contributed by atoms with Gasteiger partial charge in [-0.05, 0) is 32.7 Å². The Morgan fingerprint density at radius 3 is 2.80 bits per heavy atom. The first-order chi connectivity index (χ1) is 8.72. The maximum absolute atomic E-state index is 12.5. The van der Waals surface area contributed by atoms with Gasteiger partial charge in [-0.25, -0.2) is 4.98 Å². The lowest BCUT2D eigenvalue weighted by molar-refractivity contribution is 0.0770. The van der Waals surface area contributed by atoms with Gasteiger partial charge in [-0.3, -0.25) is 4.79 Å². The second-order valence-corrected chi connectivity index (χ2v) is 5.75.